The molecule has 2 fully saturated rings. The predicted molar refractivity (Wildman–Crippen MR) is 169 cm³/mol. The Labute approximate surface area is 235 Å². The van der Waals surface area contributed by atoms with Crippen LogP contribution < -0.4 is 5.32 Å². The Morgan fingerprint density at radius 2 is 1.30 bits per heavy atom. The molecular formula is C32H71N3O2. The van der Waals surface area contributed by atoms with E-state index in [9.17, 15) is 4.79 Å². The SMILES string of the molecule is C=C.CC.CC.CC.CCC(=O)CC.COCCN1CCN(C(C)(C)CC(C)(C)C2CCNCC2)CC1. The molecule has 0 amide bonds. The second kappa shape index (κ2) is 28.3. The highest BCUT2D eigenvalue weighted by molar-refractivity contribution is 5.77. The van der Waals surface area contributed by atoms with E-state index in [1.165, 1.54) is 58.5 Å². The zero-order valence-electron chi connectivity index (χ0n) is 27.9. The summed E-state index contributed by atoms with van der Waals surface area (Å²) in [5.41, 5.74) is 0.723. The highest BCUT2D eigenvalue weighted by Gasteiger charge is 2.39. The summed E-state index contributed by atoms with van der Waals surface area (Å²) in [4.78, 5) is 15.4. The van der Waals surface area contributed by atoms with E-state index >= 15 is 0 Å². The maximum Gasteiger partial charge on any atom is 0.132 e. The van der Waals surface area contributed by atoms with Crippen LogP contribution in [0.15, 0.2) is 13.2 Å². The third kappa shape index (κ3) is 20.8. The number of ether oxygens (including phenoxy) is 1. The molecule has 0 unspecified atom stereocenters. The summed E-state index contributed by atoms with van der Waals surface area (Å²) in [5.74, 6) is 1.21. The lowest BCUT2D eigenvalue weighted by Gasteiger charge is -2.49. The fourth-order valence-corrected chi connectivity index (χ4v) is 5.02. The molecule has 0 radical (unpaired) electrons. The highest BCUT2D eigenvalue weighted by atomic mass is 16.5. The Balaban J connectivity index is -0.000000328. The van der Waals surface area contributed by atoms with Crippen LogP contribution >= 0.6 is 0 Å². The minimum Gasteiger partial charge on any atom is -0.383 e. The van der Waals surface area contributed by atoms with Crippen LogP contribution in [-0.4, -0.2) is 80.7 Å². The molecular weight excluding hydrogens is 458 g/mol. The summed E-state index contributed by atoms with van der Waals surface area (Å²) in [5, 5.41) is 3.51. The van der Waals surface area contributed by atoms with E-state index in [4.69, 9.17) is 4.74 Å². The van der Waals surface area contributed by atoms with Crippen LogP contribution in [0.25, 0.3) is 0 Å². The second-order valence-corrected chi connectivity index (χ2v) is 10.1. The van der Waals surface area contributed by atoms with Gasteiger partial charge in [-0.3, -0.25) is 14.6 Å². The van der Waals surface area contributed by atoms with Gasteiger partial charge in [-0.05, 0) is 57.5 Å². The van der Waals surface area contributed by atoms with Crippen molar-refractivity contribution in [3.8, 4) is 0 Å². The third-order valence-corrected chi connectivity index (χ3v) is 6.96. The average molecular weight is 530 g/mol. The van der Waals surface area contributed by atoms with Gasteiger partial charge in [0, 0.05) is 58.2 Å². The van der Waals surface area contributed by atoms with E-state index in [0.29, 0.717) is 29.6 Å². The summed E-state index contributed by atoms with van der Waals surface area (Å²) in [6, 6.07) is 0. The van der Waals surface area contributed by atoms with Crippen molar-refractivity contribution in [2.24, 2.45) is 11.3 Å². The van der Waals surface area contributed by atoms with E-state index < -0.39 is 0 Å². The van der Waals surface area contributed by atoms with Gasteiger partial charge in [-0.1, -0.05) is 69.2 Å². The van der Waals surface area contributed by atoms with Crippen LogP contribution in [0.5, 0.6) is 0 Å². The van der Waals surface area contributed by atoms with Gasteiger partial charge in [0.15, 0.2) is 0 Å². The van der Waals surface area contributed by atoms with Gasteiger partial charge in [-0.25, -0.2) is 0 Å². The molecule has 2 rings (SSSR count). The number of ketones is 1. The second-order valence-electron chi connectivity index (χ2n) is 10.1. The van der Waals surface area contributed by atoms with Crippen LogP contribution in [0.1, 0.15) is 115 Å². The van der Waals surface area contributed by atoms with Gasteiger partial charge in [-0.15, -0.1) is 13.2 Å². The number of methoxy groups -OCH3 is 1. The first kappa shape index (κ1) is 43.3. The molecule has 5 nitrogen and oxygen atoms in total. The molecule has 2 aliphatic rings. The van der Waals surface area contributed by atoms with Gasteiger partial charge in [0.05, 0.1) is 6.61 Å². The molecule has 1 N–H and O–H groups in total. The maximum atomic E-state index is 10.2. The van der Waals surface area contributed by atoms with Crippen molar-refractivity contribution < 1.29 is 9.53 Å². The average Bonchev–Trinajstić information content (AvgIpc) is 2.96. The fourth-order valence-electron chi connectivity index (χ4n) is 5.02. The van der Waals surface area contributed by atoms with Gasteiger partial charge in [0.1, 0.15) is 5.78 Å². The standard InChI is InChI=1S/C19H39N3O.C5H10O.3C2H6.C2H4/c1-18(2,17-6-8-20-9-7-17)16-19(3,4)22-12-10-21(11-13-22)14-15-23-5;1-3-5(6)4-2;4*1-2/h17,20H,6-16H2,1-5H3;3-4H2,1-2H3;3*1-2H3;1-2H2. The summed E-state index contributed by atoms with van der Waals surface area (Å²) < 4.78 is 5.21. The zero-order valence-corrected chi connectivity index (χ0v) is 27.9. The molecule has 2 heterocycles. The number of carbonyl (C=O) groups is 1. The van der Waals surface area contributed by atoms with E-state index in [0.717, 1.165) is 19.1 Å². The van der Waals surface area contributed by atoms with Crippen LogP contribution in [0.4, 0.5) is 0 Å². The van der Waals surface area contributed by atoms with Crippen molar-refractivity contribution in [1.82, 2.24) is 15.1 Å². The molecule has 5 heteroatoms. The normalized spacial score (nSPS) is 16.5. The molecule has 0 spiro atoms. The molecule has 0 saturated carbocycles. The lowest BCUT2D eigenvalue weighted by atomic mass is 9.67. The molecule has 2 aliphatic heterocycles. The summed E-state index contributed by atoms with van der Waals surface area (Å²) in [7, 11) is 1.79. The molecule has 2 saturated heterocycles. The number of Topliss-reactive ketones (excluding diaryl/α,β-unsaturated/α-hetero) is 1. The Bertz CT molecular complexity index is 461. The molecule has 0 aliphatic carbocycles. The Morgan fingerprint density at radius 3 is 1.65 bits per heavy atom. The summed E-state index contributed by atoms with van der Waals surface area (Å²) in [6.45, 7) is 40.8. The van der Waals surface area contributed by atoms with E-state index in [1.54, 1.807) is 7.11 Å². The van der Waals surface area contributed by atoms with Crippen molar-refractivity contribution in [1.29, 1.82) is 0 Å². The fraction of sp³-hybridized carbons (Fsp3) is 0.906. The number of hydrogen-bond donors (Lipinski definition) is 1. The number of piperidine rings is 1. The number of carbonyl (C=O) groups excluding carboxylic acids is 1. The minimum absolute atomic E-state index is 0.293. The molecule has 0 aromatic rings. The van der Waals surface area contributed by atoms with E-state index in [-0.39, 0.29) is 0 Å². The van der Waals surface area contributed by atoms with Gasteiger partial charge in [-0.2, -0.15) is 0 Å². The Kier molecular flexibility index (Phi) is 33.1. The number of hydrogen-bond acceptors (Lipinski definition) is 5. The molecule has 0 atom stereocenters. The van der Waals surface area contributed by atoms with Gasteiger partial charge in [0.2, 0.25) is 0 Å². The van der Waals surface area contributed by atoms with Crippen molar-refractivity contribution in [3.05, 3.63) is 13.2 Å². The number of piperazine rings is 1. The Hall–Kier alpha value is -0.750. The number of nitrogens with one attached hydrogen (secondary N) is 1. The molecule has 37 heavy (non-hydrogen) atoms. The third-order valence-electron chi connectivity index (χ3n) is 6.96. The lowest BCUT2D eigenvalue weighted by Crippen LogP contribution is -2.56. The van der Waals surface area contributed by atoms with E-state index in [1.807, 2.05) is 55.4 Å². The maximum absolute atomic E-state index is 10.2. The molecule has 0 aromatic heterocycles. The van der Waals surface area contributed by atoms with Gasteiger partial charge in [0.25, 0.3) is 0 Å². The lowest BCUT2D eigenvalue weighted by molar-refractivity contribution is -0.118. The first-order valence-corrected chi connectivity index (χ1v) is 15.3. The first-order valence-electron chi connectivity index (χ1n) is 15.3. The highest BCUT2D eigenvalue weighted by Crippen LogP contribution is 2.41. The molecule has 0 aromatic carbocycles. The zero-order chi connectivity index (χ0) is 29.9. The van der Waals surface area contributed by atoms with Crippen LogP contribution in [0, 0.1) is 11.3 Å². The van der Waals surface area contributed by atoms with Crippen molar-refractivity contribution in [2.45, 2.75) is 121 Å². The minimum atomic E-state index is 0.293. The smallest absolute Gasteiger partial charge is 0.132 e. The topological polar surface area (TPSA) is 44.8 Å². The summed E-state index contributed by atoms with van der Waals surface area (Å²) >= 11 is 0. The van der Waals surface area contributed by atoms with E-state index in [2.05, 4.69) is 56.0 Å². The summed E-state index contributed by atoms with van der Waals surface area (Å²) in [6.07, 6.45) is 5.36. The van der Waals surface area contributed by atoms with Crippen molar-refractivity contribution in [2.75, 3.05) is 59.5 Å². The quantitative estimate of drug-likeness (QED) is 0.310. The largest absolute Gasteiger partial charge is 0.383 e. The monoisotopic (exact) mass is 530 g/mol. The van der Waals surface area contributed by atoms with Crippen LogP contribution in [0.2, 0.25) is 0 Å². The number of rotatable bonds is 9. The predicted octanol–water partition coefficient (Wildman–Crippen LogP) is 7.70. The molecule has 0 bridgehead atoms. The van der Waals surface area contributed by atoms with Crippen LogP contribution in [0.3, 0.4) is 0 Å². The van der Waals surface area contributed by atoms with Gasteiger partial charge < -0.3 is 10.1 Å². The first-order chi connectivity index (χ1) is 17.7. The Morgan fingerprint density at radius 1 is 0.865 bits per heavy atom. The van der Waals surface area contributed by atoms with Gasteiger partial charge >= 0.3 is 0 Å². The van der Waals surface area contributed by atoms with Crippen molar-refractivity contribution in [3.63, 3.8) is 0 Å². The van der Waals surface area contributed by atoms with Crippen LogP contribution in [-0.2, 0) is 9.53 Å². The number of nitrogens with zero attached hydrogens (tertiary/aromatic N) is 2. The van der Waals surface area contributed by atoms with Crippen molar-refractivity contribution >= 4 is 5.78 Å². The molecule has 226 valence electrons.